The van der Waals surface area contributed by atoms with Gasteiger partial charge in [-0.25, -0.2) is 0 Å². The lowest BCUT2D eigenvalue weighted by Gasteiger charge is -2.29. The molecule has 1 saturated heterocycles. The third-order valence-corrected chi connectivity index (χ3v) is 2.03. The van der Waals surface area contributed by atoms with Crippen LogP contribution in [-0.2, 0) is 4.79 Å². The summed E-state index contributed by atoms with van der Waals surface area (Å²) in [5.74, 6) is 0.0249. The first-order valence-electron chi connectivity index (χ1n) is 5.91. The summed E-state index contributed by atoms with van der Waals surface area (Å²) in [6.45, 7) is 13.0. The summed E-state index contributed by atoms with van der Waals surface area (Å²) in [7, 11) is 0. The summed E-state index contributed by atoms with van der Waals surface area (Å²) in [5.41, 5.74) is 5.67. The fourth-order valence-electron chi connectivity index (χ4n) is 1.25. The first-order valence-corrected chi connectivity index (χ1v) is 5.91. The van der Waals surface area contributed by atoms with Crippen LogP contribution in [0.1, 0.15) is 40.5 Å². The molecule has 0 radical (unpaired) electrons. The van der Waals surface area contributed by atoms with Gasteiger partial charge in [0.15, 0.2) is 0 Å². The fraction of sp³-hybridized carbons (Fsp3) is 0.750. The van der Waals surface area contributed by atoms with E-state index in [0.717, 1.165) is 25.9 Å². The van der Waals surface area contributed by atoms with Crippen LogP contribution in [0.2, 0.25) is 0 Å². The molecule has 3 heteroatoms. The second-order valence-corrected chi connectivity index (χ2v) is 2.87. The topological polar surface area (TPSA) is 46.3 Å². The Balaban J connectivity index is 0. The second kappa shape index (κ2) is 11.2. The van der Waals surface area contributed by atoms with Gasteiger partial charge in [0.25, 0.3) is 0 Å². The molecule has 0 atom stereocenters. The van der Waals surface area contributed by atoms with Crippen molar-refractivity contribution < 1.29 is 4.79 Å². The molecule has 0 aromatic heterocycles. The number of likely N-dealkylation sites (tertiary alicyclic amines) is 1. The van der Waals surface area contributed by atoms with Crippen LogP contribution in [0.15, 0.2) is 12.7 Å². The molecule has 0 unspecified atom stereocenters. The number of nitrogens with zero attached hydrogens (tertiary/aromatic N) is 1. The van der Waals surface area contributed by atoms with Crippen LogP contribution >= 0.6 is 0 Å². The number of carbonyl (C=O) groups excluding carboxylic acids is 1. The van der Waals surface area contributed by atoms with Gasteiger partial charge in [0.05, 0.1) is 0 Å². The van der Waals surface area contributed by atoms with Gasteiger partial charge in [0.2, 0.25) is 5.91 Å². The lowest BCUT2D eigenvalue weighted by atomic mass is 10.1. The Hall–Kier alpha value is -0.830. The van der Waals surface area contributed by atoms with Gasteiger partial charge in [0, 0.05) is 19.1 Å². The highest BCUT2D eigenvalue weighted by Gasteiger charge is 2.17. The van der Waals surface area contributed by atoms with Crippen molar-refractivity contribution in [3.05, 3.63) is 12.7 Å². The lowest BCUT2D eigenvalue weighted by molar-refractivity contribution is -0.126. The molecule has 90 valence electrons. The molecule has 0 aromatic carbocycles. The molecule has 0 aromatic rings. The highest BCUT2D eigenvalue weighted by Crippen LogP contribution is 2.07. The predicted molar refractivity (Wildman–Crippen MR) is 66.7 cm³/mol. The smallest absolute Gasteiger partial charge is 0.245 e. The van der Waals surface area contributed by atoms with Crippen molar-refractivity contribution in [3.8, 4) is 0 Å². The molecule has 2 N–H and O–H groups in total. The molecule has 1 aliphatic heterocycles. The minimum atomic E-state index is 0.0249. The quantitative estimate of drug-likeness (QED) is 0.680. The van der Waals surface area contributed by atoms with Crippen molar-refractivity contribution in [2.24, 2.45) is 5.73 Å². The number of hydrogen-bond acceptors (Lipinski definition) is 2. The molecule has 15 heavy (non-hydrogen) atoms. The largest absolute Gasteiger partial charge is 0.339 e. The van der Waals surface area contributed by atoms with Gasteiger partial charge in [-0.1, -0.05) is 34.3 Å². The summed E-state index contributed by atoms with van der Waals surface area (Å²) in [4.78, 5) is 12.8. The van der Waals surface area contributed by atoms with E-state index in [0.29, 0.717) is 0 Å². The van der Waals surface area contributed by atoms with E-state index in [4.69, 9.17) is 5.73 Å². The maximum absolute atomic E-state index is 11.0. The van der Waals surface area contributed by atoms with Crippen molar-refractivity contribution in [3.63, 3.8) is 0 Å². The van der Waals surface area contributed by atoms with Gasteiger partial charge < -0.3 is 10.6 Å². The Bertz CT molecular complexity index is 161. The highest BCUT2D eigenvalue weighted by atomic mass is 16.2. The molecule has 1 fully saturated rings. The Kier molecular flexibility index (Phi) is 12.4. The van der Waals surface area contributed by atoms with Crippen LogP contribution < -0.4 is 5.73 Å². The van der Waals surface area contributed by atoms with Gasteiger partial charge in [-0.3, -0.25) is 4.79 Å². The van der Waals surface area contributed by atoms with E-state index in [1.54, 1.807) is 4.90 Å². The zero-order valence-electron chi connectivity index (χ0n) is 10.6. The van der Waals surface area contributed by atoms with E-state index in [9.17, 15) is 4.79 Å². The number of hydrogen-bond donors (Lipinski definition) is 1. The van der Waals surface area contributed by atoms with Crippen LogP contribution in [-0.4, -0.2) is 29.9 Å². The van der Waals surface area contributed by atoms with Crippen LogP contribution in [0, 0.1) is 0 Å². The SMILES string of the molecule is C=CC(=O)N1CCC(N)CC1.CC.CC. The van der Waals surface area contributed by atoms with Gasteiger partial charge in [-0.15, -0.1) is 0 Å². The van der Waals surface area contributed by atoms with E-state index in [-0.39, 0.29) is 11.9 Å². The molecule has 1 rings (SSSR count). The molecule has 0 saturated carbocycles. The summed E-state index contributed by atoms with van der Waals surface area (Å²) in [6, 6.07) is 0.281. The average Bonchev–Trinajstić information content (AvgIpc) is 2.34. The number of carbonyl (C=O) groups is 1. The monoisotopic (exact) mass is 214 g/mol. The molecule has 3 nitrogen and oxygen atoms in total. The van der Waals surface area contributed by atoms with Crippen LogP contribution in [0.25, 0.3) is 0 Å². The normalized spacial score (nSPS) is 15.4. The van der Waals surface area contributed by atoms with Crippen LogP contribution in [0.3, 0.4) is 0 Å². The fourth-order valence-corrected chi connectivity index (χ4v) is 1.25. The Morgan fingerprint density at radius 1 is 1.27 bits per heavy atom. The van der Waals surface area contributed by atoms with Crippen molar-refractivity contribution in [1.82, 2.24) is 4.90 Å². The van der Waals surface area contributed by atoms with E-state index in [2.05, 4.69) is 6.58 Å². The summed E-state index contributed by atoms with van der Waals surface area (Å²) < 4.78 is 0. The molecular formula is C12H26N2O. The number of nitrogens with two attached hydrogens (primary N) is 1. The molecule has 1 heterocycles. The van der Waals surface area contributed by atoms with Gasteiger partial charge >= 0.3 is 0 Å². The standard InChI is InChI=1S/C8H14N2O.2C2H6/c1-2-8(11)10-5-3-7(9)4-6-10;2*1-2/h2,7H,1,3-6,9H2;2*1-2H3. The van der Waals surface area contributed by atoms with E-state index in [1.165, 1.54) is 6.08 Å². The number of amides is 1. The minimum Gasteiger partial charge on any atom is -0.339 e. The molecule has 0 spiro atoms. The van der Waals surface area contributed by atoms with Crippen molar-refractivity contribution in [2.75, 3.05) is 13.1 Å². The van der Waals surface area contributed by atoms with E-state index < -0.39 is 0 Å². The zero-order valence-corrected chi connectivity index (χ0v) is 10.6. The molecule has 1 aliphatic rings. The lowest BCUT2D eigenvalue weighted by Crippen LogP contribution is -2.42. The number of piperidine rings is 1. The first-order chi connectivity index (χ1) is 7.24. The molecule has 0 aliphatic carbocycles. The summed E-state index contributed by atoms with van der Waals surface area (Å²) in [6.07, 6.45) is 3.19. The Morgan fingerprint density at radius 2 is 1.67 bits per heavy atom. The zero-order chi connectivity index (χ0) is 12.3. The van der Waals surface area contributed by atoms with Crippen molar-refractivity contribution >= 4 is 5.91 Å². The van der Waals surface area contributed by atoms with E-state index in [1.807, 2.05) is 27.7 Å². The van der Waals surface area contributed by atoms with Crippen LogP contribution in [0.4, 0.5) is 0 Å². The third-order valence-electron chi connectivity index (χ3n) is 2.03. The Morgan fingerprint density at radius 3 is 2.00 bits per heavy atom. The maximum Gasteiger partial charge on any atom is 0.245 e. The molecule has 0 bridgehead atoms. The highest BCUT2D eigenvalue weighted by molar-refractivity contribution is 5.87. The molecule has 1 amide bonds. The minimum absolute atomic E-state index is 0.0249. The number of rotatable bonds is 1. The molecular weight excluding hydrogens is 188 g/mol. The second-order valence-electron chi connectivity index (χ2n) is 2.87. The van der Waals surface area contributed by atoms with Crippen molar-refractivity contribution in [1.29, 1.82) is 0 Å². The predicted octanol–water partition coefficient (Wildman–Crippen LogP) is 2.17. The summed E-state index contributed by atoms with van der Waals surface area (Å²) in [5, 5.41) is 0. The maximum atomic E-state index is 11.0. The first kappa shape index (κ1) is 16.6. The van der Waals surface area contributed by atoms with Gasteiger partial charge in [-0.2, -0.15) is 0 Å². The van der Waals surface area contributed by atoms with Crippen LogP contribution in [0.5, 0.6) is 0 Å². The van der Waals surface area contributed by atoms with Crippen molar-refractivity contribution in [2.45, 2.75) is 46.6 Å². The third kappa shape index (κ3) is 7.14. The van der Waals surface area contributed by atoms with E-state index >= 15 is 0 Å². The Labute approximate surface area is 94.3 Å². The van der Waals surface area contributed by atoms with Gasteiger partial charge in [-0.05, 0) is 18.9 Å². The van der Waals surface area contributed by atoms with Gasteiger partial charge in [0.1, 0.15) is 0 Å². The summed E-state index contributed by atoms with van der Waals surface area (Å²) >= 11 is 0. The average molecular weight is 214 g/mol.